The summed E-state index contributed by atoms with van der Waals surface area (Å²) in [5, 5.41) is 19.1. The van der Waals surface area contributed by atoms with Gasteiger partial charge in [-0.05, 0) is 55.8 Å². The SMILES string of the molecule is C=N/C=C\C=C(/C)[C@H]1SC[C@@H](C(=O)Nc2nc(-c3ccc(C(=O)NC4CC4)cc3)cs2)N1C(O)OCc1ccccc1. The monoisotopic (exact) mass is 603 g/mol. The fourth-order valence-corrected chi connectivity index (χ4v) is 6.65. The van der Waals surface area contributed by atoms with E-state index in [0.29, 0.717) is 28.2 Å². The van der Waals surface area contributed by atoms with Gasteiger partial charge in [0.2, 0.25) is 12.3 Å². The quantitative estimate of drug-likeness (QED) is 0.151. The fourth-order valence-electron chi connectivity index (χ4n) is 4.48. The third kappa shape index (κ3) is 7.61. The van der Waals surface area contributed by atoms with E-state index in [1.807, 2.05) is 60.8 Å². The van der Waals surface area contributed by atoms with Crippen LogP contribution >= 0.6 is 23.1 Å². The molecule has 11 heteroatoms. The van der Waals surface area contributed by atoms with Crippen LogP contribution in [0.15, 0.2) is 88.9 Å². The molecule has 1 saturated carbocycles. The first-order valence-corrected chi connectivity index (χ1v) is 15.6. The summed E-state index contributed by atoms with van der Waals surface area (Å²) in [5.74, 6) is 0.108. The van der Waals surface area contributed by atoms with Crippen molar-refractivity contribution >= 4 is 46.8 Å². The molecule has 1 aromatic heterocycles. The lowest BCUT2D eigenvalue weighted by molar-refractivity contribution is -0.208. The number of aliphatic hydroxyl groups is 1. The third-order valence-electron chi connectivity index (χ3n) is 6.87. The number of anilines is 1. The van der Waals surface area contributed by atoms with Crippen LogP contribution in [0.1, 0.15) is 35.7 Å². The summed E-state index contributed by atoms with van der Waals surface area (Å²) in [6.07, 6.45) is 6.00. The number of aromatic nitrogens is 1. The molecule has 2 amide bonds. The Morgan fingerprint density at radius 2 is 1.98 bits per heavy atom. The van der Waals surface area contributed by atoms with Gasteiger partial charge in [-0.1, -0.05) is 48.5 Å². The Morgan fingerprint density at radius 1 is 1.21 bits per heavy atom. The van der Waals surface area contributed by atoms with Gasteiger partial charge in [0.15, 0.2) is 5.13 Å². The van der Waals surface area contributed by atoms with E-state index in [1.54, 1.807) is 41.1 Å². The molecule has 0 radical (unpaired) electrons. The number of rotatable bonds is 12. The van der Waals surface area contributed by atoms with E-state index in [2.05, 4.69) is 27.3 Å². The largest absolute Gasteiger partial charge is 0.356 e. The fraction of sp³-hybridized carbons (Fsp3) is 0.290. The molecule has 218 valence electrons. The van der Waals surface area contributed by atoms with Gasteiger partial charge in [-0.2, -0.15) is 0 Å². The molecular formula is C31H33N5O4S2. The molecule has 2 aromatic carbocycles. The Balaban J connectivity index is 1.27. The Bertz CT molecular complexity index is 1450. The van der Waals surface area contributed by atoms with Crippen LogP contribution in [0.5, 0.6) is 0 Å². The van der Waals surface area contributed by atoms with E-state index < -0.39 is 12.5 Å². The van der Waals surface area contributed by atoms with E-state index in [1.165, 1.54) is 11.3 Å². The van der Waals surface area contributed by atoms with Gasteiger partial charge in [0.1, 0.15) is 6.04 Å². The second-order valence-corrected chi connectivity index (χ2v) is 12.0. The molecule has 3 aromatic rings. The molecule has 42 heavy (non-hydrogen) atoms. The number of benzene rings is 2. The first-order valence-electron chi connectivity index (χ1n) is 13.6. The average molecular weight is 604 g/mol. The van der Waals surface area contributed by atoms with E-state index >= 15 is 0 Å². The first kappa shape index (κ1) is 29.9. The number of aliphatic imine (C=N–C) groups is 1. The van der Waals surface area contributed by atoms with Crippen LogP contribution in [-0.4, -0.2) is 63.1 Å². The smallest absolute Gasteiger partial charge is 0.251 e. The van der Waals surface area contributed by atoms with Crippen LogP contribution < -0.4 is 10.6 Å². The molecule has 0 spiro atoms. The van der Waals surface area contributed by atoms with Gasteiger partial charge in [0.05, 0.1) is 17.7 Å². The third-order valence-corrected chi connectivity index (χ3v) is 9.07. The molecule has 3 N–H and O–H groups in total. The van der Waals surface area contributed by atoms with Crippen molar-refractivity contribution in [1.29, 1.82) is 0 Å². The molecular weight excluding hydrogens is 571 g/mol. The molecule has 1 saturated heterocycles. The number of thioether (sulfide) groups is 1. The Kier molecular flexibility index (Phi) is 9.98. The zero-order chi connectivity index (χ0) is 29.5. The molecule has 0 bridgehead atoms. The van der Waals surface area contributed by atoms with Gasteiger partial charge in [-0.3, -0.25) is 14.6 Å². The predicted octanol–water partition coefficient (Wildman–Crippen LogP) is 5.04. The first-order chi connectivity index (χ1) is 20.4. The second kappa shape index (κ2) is 14.0. The van der Waals surface area contributed by atoms with Crippen LogP contribution in [-0.2, 0) is 16.1 Å². The highest BCUT2D eigenvalue weighted by atomic mass is 32.2. The molecule has 1 aliphatic carbocycles. The van der Waals surface area contributed by atoms with Crippen LogP contribution in [0.3, 0.4) is 0 Å². The van der Waals surface area contributed by atoms with Crippen LogP contribution in [0.4, 0.5) is 5.13 Å². The highest BCUT2D eigenvalue weighted by Gasteiger charge is 2.43. The van der Waals surface area contributed by atoms with Gasteiger partial charge < -0.3 is 20.5 Å². The summed E-state index contributed by atoms with van der Waals surface area (Å²) in [5.41, 5.74) is 4.01. The molecule has 9 nitrogen and oxygen atoms in total. The minimum absolute atomic E-state index is 0.0685. The van der Waals surface area contributed by atoms with E-state index in [4.69, 9.17) is 4.74 Å². The van der Waals surface area contributed by atoms with Crippen molar-refractivity contribution in [2.75, 3.05) is 11.1 Å². The van der Waals surface area contributed by atoms with Crippen molar-refractivity contribution in [3.8, 4) is 11.3 Å². The number of allylic oxidation sites excluding steroid dienone is 2. The molecule has 5 rings (SSSR count). The van der Waals surface area contributed by atoms with Gasteiger partial charge >= 0.3 is 0 Å². The average Bonchev–Trinajstić information content (AvgIpc) is 3.50. The maximum atomic E-state index is 13.5. The summed E-state index contributed by atoms with van der Waals surface area (Å²) >= 11 is 2.87. The van der Waals surface area contributed by atoms with E-state index in [-0.39, 0.29) is 23.8 Å². The van der Waals surface area contributed by atoms with Gasteiger partial charge in [-0.15, -0.1) is 23.1 Å². The van der Waals surface area contributed by atoms with Crippen molar-refractivity contribution in [3.05, 3.63) is 95.0 Å². The van der Waals surface area contributed by atoms with Crippen molar-refractivity contribution in [2.45, 2.75) is 50.2 Å². The van der Waals surface area contributed by atoms with Crippen LogP contribution in [0.2, 0.25) is 0 Å². The Morgan fingerprint density at radius 3 is 2.69 bits per heavy atom. The molecule has 2 aliphatic rings. The Hall–Kier alpha value is -3.61. The maximum Gasteiger partial charge on any atom is 0.251 e. The summed E-state index contributed by atoms with van der Waals surface area (Å²) in [6, 6.07) is 16.5. The van der Waals surface area contributed by atoms with Crippen LogP contribution in [0.25, 0.3) is 11.3 Å². The predicted molar refractivity (Wildman–Crippen MR) is 168 cm³/mol. The number of thiazole rings is 1. The number of amides is 2. The number of nitrogens with one attached hydrogen (secondary N) is 2. The second-order valence-electron chi connectivity index (χ2n) is 10.1. The number of hydrogen-bond acceptors (Lipinski definition) is 9. The molecule has 2 fully saturated rings. The summed E-state index contributed by atoms with van der Waals surface area (Å²) in [7, 11) is 0. The van der Waals surface area contributed by atoms with Crippen molar-refractivity contribution in [3.63, 3.8) is 0 Å². The lowest BCUT2D eigenvalue weighted by atomic mass is 10.1. The number of aliphatic hydroxyl groups excluding tert-OH is 1. The molecule has 1 unspecified atom stereocenters. The highest BCUT2D eigenvalue weighted by molar-refractivity contribution is 8.00. The number of carbonyl (C=O) groups excluding carboxylic acids is 2. The van der Waals surface area contributed by atoms with Crippen molar-refractivity contribution in [2.24, 2.45) is 4.99 Å². The van der Waals surface area contributed by atoms with E-state index in [9.17, 15) is 14.7 Å². The molecule has 3 atom stereocenters. The number of nitrogens with zero attached hydrogens (tertiary/aromatic N) is 3. The standard InChI is InChI=1S/C31H33N5O4S2/c1-20(7-6-16-32-2)29-36(31(39)40-17-21-8-4-3-5-9-21)26(19-41-29)28(38)35-30-34-25(18-42-30)22-10-12-23(13-11-22)27(37)33-24-14-15-24/h3-13,16,18,24,26,29,31,39H,2,14-15,17,19H2,1H3,(H,33,37)(H,34,35,38)/b16-6-,20-7+/t26-,29+,31?/m0/s1. The summed E-state index contributed by atoms with van der Waals surface area (Å²) in [4.78, 5) is 35.8. The number of carbonyl (C=O) groups is 2. The number of hydrogen-bond donors (Lipinski definition) is 3. The molecule has 2 heterocycles. The van der Waals surface area contributed by atoms with Gasteiger partial charge in [0.25, 0.3) is 5.91 Å². The summed E-state index contributed by atoms with van der Waals surface area (Å²) < 4.78 is 5.83. The van der Waals surface area contributed by atoms with Crippen LogP contribution in [0, 0.1) is 0 Å². The topological polar surface area (TPSA) is 116 Å². The minimum atomic E-state index is -1.31. The van der Waals surface area contributed by atoms with Crippen molar-refractivity contribution < 1.29 is 19.4 Å². The summed E-state index contributed by atoms with van der Waals surface area (Å²) in [6.45, 7) is 5.59. The zero-order valence-electron chi connectivity index (χ0n) is 23.2. The number of ether oxygens (including phenoxy) is 1. The van der Waals surface area contributed by atoms with Gasteiger partial charge in [-0.25, -0.2) is 9.88 Å². The maximum absolute atomic E-state index is 13.5. The normalized spacial score (nSPS) is 20.0. The lowest BCUT2D eigenvalue weighted by Gasteiger charge is -2.32. The highest BCUT2D eigenvalue weighted by Crippen LogP contribution is 2.36. The zero-order valence-corrected chi connectivity index (χ0v) is 24.8. The molecule has 1 aliphatic heterocycles. The van der Waals surface area contributed by atoms with Crippen molar-refractivity contribution in [1.82, 2.24) is 15.2 Å². The minimum Gasteiger partial charge on any atom is -0.356 e. The van der Waals surface area contributed by atoms with E-state index in [0.717, 1.165) is 29.5 Å². The Labute approximate surface area is 253 Å². The lowest BCUT2D eigenvalue weighted by Crippen LogP contribution is -2.51. The van der Waals surface area contributed by atoms with Gasteiger partial charge in [0, 0.05) is 34.5 Å².